The number of likely N-dealkylation sites (tertiary alicyclic amines) is 1. The number of nitrogens with one attached hydrogen (secondary N) is 1. The molecule has 1 atom stereocenters. The van der Waals surface area contributed by atoms with Crippen molar-refractivity contribution in [3.63, 3.8) is 0 Å². The molecule has 26 heavy (non-hydrogen) atoms. The van der Waals surface area contributed by atoms with Crippen LogP contribution in [0.1, 0.15) is 30.6 Å². The summed E-state index contributed by atoms with van der Waals surface area (Å²) in [5.74, 6) is -0.109. The summed E-state index contributed by atoms with van der Waals surface area (Å²) in [6, 6.07) is 9.89. The number of carbonyl (C=O) groups excluding carboxylic acids is 1. The Balaban J connectivity index is 1.78. The lowest BCUT2D eigenvalue weighted by molar-refractivity contribution is 0.0533. The topological polar surface area (TPSA) is 92.5 Å². The summed E-state index contributed by atoms with van der Waals surface area (Å²) in [6.07, 6.45) is 0.753. The predicted octanol–water partition coefficient (Wildman–Crippen LogP) is 2.75. The maximum absolute atomic E-state index is 12.9. The van der Waals surface area contributed by atoms with Crippen molar-refractivity contribution in [1.29, 1.82) is 0 Å². The molecule has 1 amide bonds. The molecule has 0 aliphatic carbocycles. The van der Waals surface area contributed by atoms with E-state index in [9.17, 15) is 13.2 Å². The summed E-state index contributed by atoms with van der Waals surface area (Å²) in [4.78, 5) is 14.6. The molecule has 3 rings (SSSR count). The van der Waals surface area contributed by atoms with Crippen LogP contribution in [-0.2, 0) is 10.0 Å². The van der Waals surface area contributed by atoms with Crippen LogP contribution in [0.4, 0.5) is 5.69 Å². The Labute approximate surface area is 158 Å². The second kappa shape index (κ2) is 7.02. The standard InChI is InChI=1S/C18H23N3O3S2/c1-18(2)12-21(9-8-15(18)19)17(22)13-5-3-6-14(11-13)20-26(23,24)16-7-4-10-25-16/h3-7,10-11,15,20H,8-9,12,19H2,1-2H3. The van der Waals surface area contributed by atoms with Gasteiger partial charge in [-0.1, -0.05) is 26.0 Å². The first-order valence-corrected chi connectivity index (χ1v) is 10.8. The molecule has 6 nitrogen and oxygen atoms in total. The van der Waals surface area contributed by atoms with Crippen LogP contribution in [0.2, 0.25) is 0 Å². The molecule has 8 heteroatoms. The van der Waals surface area contributed by atoms with Gasteiger partial charge in [-0.3, -0.25) is 9.52 Å². The molecule has 0 spiro atoms. The number of anilines is 1. The fraction of sp³-hybridized carbons (Fsp3) is 0.389. The maximum Gasteiger partial charge on any atom is 0.271 e. The molecule has 1 aliphatic rings. The Bertz CT molecular complexity index is 892. The summed E-state index contributed by atoms with van der Waals surface area (Å²) in [6.45, 7) is 5.30. The van der Waals surface area contributed by atoms with Crippen molar-refractivity contribution in [2.45, 2.75) is 30.5 Å². The third-order valence-electron chi connectivity index (χ3n) is 4.72. The molecule has 0 radical (unpaired) electrons. The molecule has 0 bridgehead atoms. The van der Waals surface area contributed by atoms with E-state index in [1.54, 1.807) is 46.7 Å². The van der Waals surface area contributed by atoms with Gasteiger partial charge in [-0.2, -0.15) is 0 Å². The maximum atomic E-state index is 12.9. The summed E-state index contributed by atoms with van der Waals surface area (Å²) in [7, 11) is -3.64. The van der Waals surface area contributed by atoms with Gasteiger partial charge in [0.2, 0.25) is 0 Å². The number of nitrogens with two attached hydrogens (primary N) is 1. The van der Waals surface area contributed by atoms with Gasteiger partial charge in [0.1, 0.15) is 4.21 Å². The number of nitrogens with zero attached hydrogens (tertiary/aromatic N) is 1. The summed E-state index contributed by atoms with van der Waals surface area (Å²) in [5.41, 5.74) is 6.83. The zero-order chi connectivity index (χ0) is 18.9. The zero-order valence-electron chi connectivity index (χ0n) is 14.8. The molecule has 1 aliphatic heterocycles. The predicted molar refractivity (Wildman–Crippen MR) is 104 cm³/mol. The van der Waals surface area contributed by atoms with Gasteiger partial charge in [-0.05, 0) is 41.5 Å². The van der Waals surface area contributed by atoms with Gasteiger partial charge in [-0.15, -0.1) is 11.3 Å². The molecule has 1 fully saturated rings. The highest BCUT2D eigenvalue weighted by Gasteiger charge is 2.35. The van der Waals surface area contributed by atoms with E-state index in [2.05, 4.69) is 18.6 Å². The molecule has 3 N–H and O–H groups in total. The molecule has 1 saturated heterocycles. The molecule has 1 aromatic carbocycles. The number of hydrogen-bond donors (Lipinski definition) is 2. The average molecular weight is 394 g/mol. The van der Waals surface area contributed by atoms with Crippen molar-refractivity contribution in [1.82, 2.24) is 4.90 Å². The number of amides is 1. The Morgan fingerprint density at radius 2 is 2.08 bits per heavy atom. The van der Waals surface area contributed by atoms with Crippen LogP contribution in [-0.4, -0.2) is 38.4 Å². The van der Waals surface area contributed by atoms with Crippen LogP contribution in [0.5, 0.6) is 0 Å². The van der Waals surface area contributed by atoms with Gasteiger partial charge < -0.3 is 10.6 Å². The first-order chi connectivity index (χ1) is 12.2. The molecular formula is C18H23N3O3S2. The number of benzene rings is 1. The summed E-state index contributed by atoms with van der Waals surface area (Å²) < 4.78 is 27.5. The van der Waals surface area contributed by atoms with Crippen LogP contribution < -0.4 is 10.5 Å². The second-order valence-corrected chi connectivity index (χ2v) is 10.1. The minimum atomic E-state index is -3.64. The van der Waals surface area contributed by atoms with E-state index >= 15 is 0 Å². The molecule has 2 heterocycles. The minimum absolute atomic E-state index is 0.0653. The zero-order valence-corrected chi connectivity index (χ0v) is 16.4. The highest BCUT2D eigenvalue weighted by molar-refractivity contribution is 7.94. The number of thiophene rings is 1. The van der Waals surface area contributed by atoms with Crippen molar-refractivity contribution in [2.75, 3.05) is 17.8 Å². The number of rotatable bonds is 4. The first kappa shape index (κ1) is 18.9. The lowest BCUT2D eigenvalue weighted by atomic mass is 9.79. The van der Waals surface area contributed by atoms with Crippen molar-refractivity contribution in [3.8, 4) is 0 Å². The van der Waals surface area contributed by atoms with Crippen molar-refractivity contribution >= 4 is 33.0 Å². The normalized spacial score (nSPS) is 20.0. The molecule has 1 aromatic heterocycles. The Hall–Kier alpha value is -1.90. The monoisotopic (exact) mass is 393 g/mol. The lowest BCUT2D eigenvalue weighted by Gasteiger charge is -2.42. The van der Waals surface area contributed by atoms with Gasteiger partial charge in [0.25, 0.3) is 15.9 Å². The summed E-state index contributed by atoms with van der Waals surface area (Å²) >= 11 is 1.14. The van der Waals surface area contributed by atoms with E-state index in [1.807, 2.05) is 0 Å². The first-order valence-electron chi connectivity index (χ1n) is 8.40. The van der Waals surface area contributed by atoms with Crippen LogP contribution >= 0.6 is 11.3 Å². The molecule has 140 valence electrons. The van der Waals surface area contributed by atoms with E-state index in [0.717, 1.165) is 17.8 Å². The number of piperidine rings is 1. The van der Waals surface area contributed by atoms with E-state index in [-0.39, 0.29) is 21.6 Å². The van der Waals surface area contributed by atoms with E-state index in [0.29, 0.717) is 24.3 Å². The SMILES string of the molecule is CC1(C)CN(C(=O)c2cccc(NS(=O)(=O)c3cccs3)c2)CCC1N. The largest absolute Gasteiger partial charge is 0.338 e. The van der Waals surface area contributed by atoms with Crippen molar-refractivity contribution in [2.24, 2.45) is 11.1 Å². The van der Waals surface area contributed by atoms with Crippen molar-refractivity contribution in [3.05, 3.63) is 47.3 Å². The fourth-order valence-electron chi connectivity index (χ4n) is 3.07. The highest BCUT2D eigenvalue weighted by atomic mass is 32.2. The minimum Gasteiger partial charge on any atom is -0.338 e. The van der Waals surface area contributed by atoms with Gasteiger partial charge in [-0.25, -0.2) is 8.42 Å². The van der Waals surface area contributed by atoms with Crippen LogP contribution in [0, 0.1) is 5.41 Å². The van der Waals surface area contributed by atoms with Gasteiger partial charge in [0, 0.05) is 30.4 Å². The average Bonchev–Trinajstić information content (AvgIpc) is 3.12. The van der Waals surface area contributed by atoms with Gasteiger partial charge >= 0.3 is 0 Å². The van der Waals surface area contributed by atoms with E-state index in [1.165, 1.54) is 0 Å². The number of hydrogen-bond acceptors (Lipinski definition) is 5. The quantitative estimate of drug-likeness (QED) is 0.835. The van der Waals surface area contributed by atoms with Gasteiger partial charge in [0.05, 0.1) is 0 Å². The second-order valence-electron chi connectivity index (χ2n) is 7.23. The number of sulfonamides is 1. The van der Waals surface area contributed by atoms with Gasteiger partial charge in [0.15, 0.2) is 0 Å². The third kappa shape index (κ3) is 3.92. The smallest absolute Gasteiger partial charge is 0.271 e. The van der Waals surface area contributed by atoms with E-state index < -0.39 is 10.0 Å². The van der Waals surface area contributed by atoms with Crippen LogP contribution in [0.25, 0.3) is 0 Å². The molecule has 2 aromatic rings. The Morgan fingerprint density at radius 1 is 1.31 bits per heavy atom. The Morgan fingerprint density at radius 3 is 2.73 bits per heavy atom. The summed E-state index contributed by atoms with van der Waals surface area (Å²) in [5, 5.41) is 1.71. The Kier molecular flexibility index (Phi) is 5.09. The third-order valence-corrected chi connectivity index (χ3v) is 7.50. The van der Waals surface area contributed by atoms with Crippen molar-refractivity contribution < 1.29 is 13.2 Å². The van der Waals surface area contributed by atoms with Crippen LogP contribution in [0.15, 0.2) is 46.0 Å². The number of carbonyl (C=O) groups is 1. The molecule has 1 unspecified atom stereocenters. The molecule has 0 saturated carbocycles. The molecular weight excluding hydrogens is 370 g/mol. The highest BCUT2D eigenvalue weighted by Crippen LogP contribution is 2.29. The van der Waals surface area contributed by atoms with Crippen LogP contribution in [0.3, 0.4) is 0 Å². The fourth-order valence-corrected chi connectivity index (χ4v) is 5.11. The van der Waals surface area contributed by atoms with E-state index in [4.69, 9.17) is 5.73 Å². The lowest BCUT2D eigenvalue weighted by Crippen LogP contribution is -2.54.